The Morgan fingerprint density at radius 3 is 2.69 bits per heavy atom. The number of nitrogens with zero attached hydrogens (tertiary/aromatic N) is 4. The summed E-state index contributed by atoms with van der Waals surface area (Å²) in [6, 6.07) is 11.3. The van der Waals surface area contributed by atoms with Gasteiger partial charge in [-0.3, -0.25) is 0 Å². The van der Waals surface area contributed by atoms with Crippen molar-refractivity contribution in [3.63, 3.8) is 0 Å². The highest BCUT2D eigenvalue weighted by Gasteiger charge is 2.21. The van der Waals surface area contributed by atoms with E-state index in [1.165, 1.54) is 0 Å². The van der Waals surface area contributed by atoms with E-state index in [0.717, 1.165) is 16.9 Å². The second-order valence-corrected chi connectivity index (χ2v) is 5.96. The highest BCUT2D eigenvalue weighted by molar-refractivity contribution is 5.63. The number of hydrogen-bond acceptors (Lipinski definition) is 7. The van der Waals surface area contributed by atoms with E-state index in [4.69, 9.17) is 20.6 Å². The summed E-state index contributed by atoms with van der Waals surface area (Å²) in [5.41, 5.74) is 14.9. The Morgan fingerprint density at radius 2 is 2.00 bits per heavy atom. The largest absolute Gasteiger partial charge is 0.480 e. The third-order valence-corrected chi connectivity index (χ3v) is 4.05. The Morgan fingerprint density at radius 1 is 1.15 bits per heavy atom. The zero-order chi connectivity index (χ0) is 18.3. The van der Waals surface area contributed by atoms with Crippen LogP contribution in [0.3, 0.4) is 0 Å². The zero-order valence-corrected chi connectivity index (χ0v) is 14.4. The van der Waals surface area contributed by atoms with Crippen molar-refractivity contribution < 1.29 is 9.15 Å². The molecule has 4 rings (SSSR count). The molecule has 0 bridgehead atoms. The van der Waals surface area contributed by atoms with E-state index in [0.29, 0.717) is 35.2 Å². The number of aromatic nitrogens is 4. The van der Waals surface area contributed by atoms with Crippen molar-refractivity contribution in [1.29, 1.82) is 0 Å². The van der Waals surface area contributed by atoms with Gasteiger partial charge in [0.2, 0.25) is 17.7 Å². The molecule has 1 aromatic carbocycles. The molecule has 132 valence electrons. The lowest BCUT2D eigenvalue weighted by Crippen LogP contribution is -2.05. The topological polar surface area (TPSA) is 117 Å². The highest BCUT2D eigenvalue weighted by Crippen LogP contribution is 2.29. The van der Waals surface area contributed by atoms with E-state index >= 15 is 0 Å². The fourth-order valence-electron chi connectivity index (χ4n) is 2.91. The number of nitrogen functional groups attached to an aromatic ring is 2. The molecular formula is C18H18N6O2. The smallest absolute Gasteiger partial charge is 0.238 e. The Labute approximate surface area is 149 Å². The standard InChI is InChI=1S/C18H18N6O2/c1-10-6-7-14(26-10)16-22-18(20)21-15-13(17(25-2)23-24(15)16)9-11-4-3-5-12(19)8-11/h3-8H,9,19H2,1-2H3,(H2,20,21). The van der Waals surface area contributed by atoms with Crippen molar-refractivity contribution in [2.45, 2.75) is 13.3 Å². The van der Waals surface area contributed by atoms with Gasteiger partial charge in [0.05, 0.1) is 12.7 Å². The van der Waals surface area contributed by atoms with E-state index in [9.17, 15) is 0 Å². The van der Waals surface area contributed by atoms with E-state index < -0.39 is 0 Å². The lowest BCUT2D eigenvalue weighted by Gasteiger charge is -2.04. The second-order valence-electron chi connectivity index (χ2n) is 5.96. The molecular weight excluding hydrogens is 332 g/mol. The van der Waals surface area contributed by atoms with Crippen molar-refractivity contribution in [3.8, 4) is 17.5 Å². The molecule has 0 amide bonds. The van der Waals surface area contributed by atoms with Crippen molar-refractivity contribution in [3.05, 3.63) is 53.3 Å². The molecule has 0 aliphatic heterocycles. The van der Waals surface area contributed by atoms with Crippen LogP contribution in [0.1, 0.15) is 16.9 Å². The van der Waals surface area contributed by atoms with E-state index in [1.54, 1.807) is 11.6 Å². The minimum absolute atomic E-state index is 0.137. The number of furan rings is 1. The third kappa shape index (κ3) is 2.71. The summed E-state index contributed by atoms with van der Waals surface area (Å²) < 4.78 is 12.7. The molecule has 3 heterocycles. The lowest BCUT2D eigenvalue weighted by atomic mass is 10.1. The fourth-order valence-corrected chi connectivity index (χ4v) is 2.91. The molecule has 3 aromatic heterocycles. The Balaban J connectivity index is 1.91. The van der Waals surface area contributed by atoms with Crippen molar-refractivity contribution in [2.75, 3.05) is 18.6 Å². The minimum Gasteiger partial charge on any atom is -0.480 e. The minimum atomic E-state index is 0.137. The summed E-state index contributed by atoms with van der Waals surface area (Å²) in [4.78, 5) is 8.66. The molecule has 0 spiro atoms. The first-order valence-electron chi connectivity index (χ1n) is 8.05. The number of fused-ring (bicyclic) bond motifs is 1. The fraction of sp³-hybridized carbons (Fsp3) is 0.167. The summed E-state index contributed by atoms with van der Waals surface area (Å²) in [5.74, 6) is 2.39. The van der Waals surface area contributed by atoms with Gasteiger partial charge in [-0.2, -0.15) is 14.5 Å². The Bertz CT molecular complexity index is 1100. The van der Waals surface area contributed by atoms with Gasteiger partial charge in [-0.15, -0.1) is 5.10 Å². The molecule has 0 saturated heterocycles. The molecule has 8 heteroatoms. The number of nitrogens with two attached hydrogens (primary N) is 2. The van der Waals surface area contributed by atoms with Crippen LogP contribution in [0.4, 0.5) is 11.6 Å². The molecule has 0 saturated carbocycles. The van der Waals surface area contributed by atoms with Crippen molar-refractivity contribution in [1.82, 2.24) is 19.6 Å². The van der Waals surface area contributed by atoms with Gasteiger partial charge in [-0.05, 0) is 36.8 Å². The van der Waals surface area contributed by atoms with E-state index in [-0.39, 0.29) is 5.95 Å². The molecule has 0 aliphatic carbocycles. The SMILES string of the molecule is COc1nn2c(-c3ccc(C)o3)nc(N)nc2c1Cc1cccc(N)c1. The number of rotatable bonds is 4. The van der Waals surface area contributed by atoms with Crippen LogP contribution in [0.15, 0.2) is 40.8 Å². The first kappa shape index (κ1) is 15.9. The van der Waals surface area contributed by atoms with Gasteiger partial charge in [0.1, 0.15) is 5.76 Å². The predicted molar refractivity (Wildman–Crippen MR) is 97.8 cm³/mol. The number of hydrogen-bond donors (Lipinski definition) is 2. The van der Waals surface area contributed by atoms with Crippen LogP contribution in [0.2, 0.25) is 0 Å². The Hall–Kier alpha value is -3.55. The average Bonchev–Trinajstić information content (AvgIpc) is 3.18. The molecule has 0 unspecified atom stereocenters. The van der Waals surface area contributed by atoms with E-state index in [1.807, 2.05) is 43.3 Å². The highest BCUT2D eigenvalue weighted by atomic mass is 16.5. The maximum Gasteiger partial charge on any atom is 0.238 e. The quantitative estimate of drug-likeness (QED) is 0.543. The predicted octanol–water partition coefficient (Wildman–Crippen LogP) is 2.46. The molecule has 0 atom stereocenters. The van der Waals surface area contributed by atoms with Gasteiger partial charge in [-0.25, -0.2) is 0 Å². The molecule has 4 aromatic rings. The lowest BCUT2D eigenvalue weighted by molar-refractivity contribution is 0.391. The van der Waals surface area contributed by atoms with Crippen LogP contribution in [0, 0.1) is 6.92 Å². The number of ether oxygens (including phenoxy) is 1. The van der Waals surface area contributed by atoms with Gasteiger partial charge >= 0.3 is 0 Å². The summed E-state index contributed by atoms with van der Waals surface area (Å²) in [6.07, 6.45) is 0.546. The zero-order valence-electron chi connectivity index (χ0n) is 14.4. The van der Waals surface area contributed by atoms with Gasteiger partial charge in [0.25, 0.3) is 0 Å². The molecule has 26 heavy (non-hydrogen) atoms. The van der Waals surface area contributed by atoms with Crippen LogP contribution in [0.25, 0.3) is 17.2 Å². The maximum absolute atomic E-state index is 5.94. The van der Waals surface area contributed by atoms with Crippen LogP contribution in [-0.4, -0.2) is 26.7 Å². The summed E-state index contributed by atoms with van der Waals surface area (Å²) in [7, 11) is 1.57. The van der Waals surface area contributed by atoms with Crippen LogP contribution >= 0.6 is 0 Å². The average molecular weight is 350 g/mol. The number of anilines is 2. The summed E-state index contributed by atoms with van der Waals surface area (Å²) >= 11 is 0. The van der Waals surface area contributed by atoms with Gasteiger partial charge in [0, 0.05) is 12.1 Å². The van der Waals surface area contributed by atoms with Gasteiger partial charge in [-0.1, -0.05) is 12.1 Å². The number of methoxy groups -OCH3 is 1. The van der Waals surface area contributed by atoms with Crippen LogP contribution in [-0.2, 0) is 6.42 Å². The molecule has 0 fully saturated rings. The molecule has 0 radical (unpaired) electrons. The summed E-state index contributed by atoms with van der Waals surface area (Å²) in [5, 5.41) is 4.50. The van der Waals surface area contributed by atoms with Crippen molar-refractivity contribution in [2.24, 2.45) is 0 Å². The first-order chi connectivity index (χ1) is 12.5. The van der Waals surface area contributed by atoms with Gasteiger partial charge < -0.3 is 20.6 Å². The van der Waals surface area contributed by atoms with Crippen molar-refractivity contribution >= 4 is 17.3 Å². The number of aryl methyl sites for hydroxylation is 1. The molecule has 8 nitrogen and oxygen atoms in total. The van der Waals surface area contributed by atoms with Crippen LogP contribution in [0.5, 0.6) is 5.88 Å². The molecule has 0 aliphatic rings. The first-order valence-corrected chi connectivity index (χ1v) is 8.05. The maximum atomic E-state index is 5.94. The molecule has 4 N–H and O–H groups in total. The van der Waals surface area contributed by atoms with Crippen LogP contribution < -0.4 is 16.2 Å². The Kier molecular flexibility index (Phi) is 3.72. The third-order valence-electron chi connectivity index (χ3n) is 4.05. The summed E-state index contributed by atoms with van der Waals surface area (Å²) in [6.45, 7) is 1.86. The monoisotopic (exact) mass is 350 g/mol. The number of benzene rings is 1. The normalized spacial score (nSPS) is 11.2. The second kappa shape index (κ2) is 6.07. The van der Waals surface area contributed by atoms with Gasteiger partial charge in [0.15, 0.2) is 11.4 Å². The van der Waals surface area contributed by atoms with E-state index in [2.05, 4.69) is 15.1 Å².